The summed E-state index contributed by atoms with van der Waals surface area (Å²) in [6.07, 6.45) is 5.11. The van der Waals surface area contributed by atoms with Crippen LogP contribution in [0.2, 0.25) is 0 Å². The summed E-state index contributed by atoms with van der Waals surface area (Å²) in [5.74, 6) is 0.810. The summed E-state index contributed by atoms with van der Waals surface area (Å²) in [7, 11) is 0. The minimum Gasteiger partial charge on any atom is -0.382 e. The van der Waals surface area contributed by atoms with Gasteiger partial charge in [0.25, 0.3) is 0 Å². The van der Waals surface area contributed by atoms with Gasteiger partial charge in [-0.15, -0.1) is 5.10 Å². The first-order valence-corrected chi connectivity index (χ1v) is 7.33. The lowest BCUT2D eigenvalue weighted by Gasteiger charge is -2.37. The van der Waals surface area contributed by atoms with Gasteiger partial charge in [-0.2, -0.15) is 0 Å². The molecule has 1 N–H and O–H groups in total. The second kappa shape index (κ2) is 5.57. The summed E-state index contributed by atoms with van der Waals surface area (Å²) < 4.78 is 6.92. The van der Waals surface area contributed by atoms with Gasteiger partial charge in [0.2, 0.25) is 0 Å². The molecule has 7 nitrogen and oxygen atoms in total. The first-order valence-electron chi connectivity index (χ1n) is 7.33. The van der Waals surface area contributed by atoms with Gasteiger partial charge >= 0.3 is 0 Å². The number of hydrogen-bond donors (Lipinski definition) is 1. The molecule has 7 heteroatoms. The minimum atomic E-state index is -0.939. The Labute approximate surface area is 123 Å². The summed E-state index contributed by atoms with van der Waals surface area (Å²) in [5.41, 5.74) is -0.288. The van der Waals surface area contributed by atoms with Crippen LogP contribution in [0.3, 0.4) is 0 Å². The maximum Gasteiger partial charge on any atom is 0.150 e. The van der Waals surface area contributed by atoms with Crippen molar-refractivity contribution >= 4 is 0 Å². The van der Waals surface area contributed by atoms with E-state index in [0.29, 0.717) is 25.2 Å². The average Bonchev–Trinajstić information content (AvgIpc) is 3.09. The molecule has 0 aliphatic carbocycles. The molecule has 2 aromatic rings. The molecular weight excluding hydrogens is 270 g/mol. The third kappa shape index (κ3) is 2.98. The molecule has 2 aromatic heterocycles. The number of aliphatic hydroxyl groups is 1. The summed E-state index contributed by atoms with van der Waals surface area (Å²) in [6, 6.07) is 2.09. The number of nitrogens with zero attached hydrogens (tertiary/aromatic N) is 5. The van der Waals surface area contributed by atoms with Crippen LogP contribution in [0.5, 0.6) is 0 Å². The molecule has 1 unspecified atom stereocenters. The monoisotopic (exact) mass is 291 g/mol. The van der Waals surface area contributed by atoms with Crippen LogP contribution < -0.4 is 0 Å². The van der Waals surface area contributed by atoms with E-state index in [1.54, 1.807) is 10.9 Å². The van der Waals surface area contributed by atoms with E-state index in [4.69, 9.17) is 4.52 Å². The Balaban J connectivity index is 1.73. The molecule has 0 spiro atoms. The Hall–Kier alpha value is -1.73. The van der Waals surface area contributed by atoms with E-state index in [1.807, 2.05) is 26.1 Å². The van der Waals surface area contributed by atoms with Crippen molar-refractivity contribution in [1.82, 2.24) is 25.1 Å². The van der Waals surface area contributed by atoms with Crippen LogP contribution in [-0.4, -0.2) is 43.2 Å². The van der Waals surface area contributed by atoms with Crippen molar-refractivity contribution in [1.29, 1.82) is 0 Å². The van der Waals surface area contributed by atoms with Gasteiger partial charge in [0.15, 0.2) is 5.76 Å². The summed E-state index contributed by atoms with van der Waals surface area (Å²) in [6.45, 7) is 6.20. The van der Waals surface area contributed by atoms with E-state index >= 15 is 0 Å². The van der Waals surface area contributed by atoms with Gasteiger partial charge in [-0.3, -0.25) is 4.90 Å². The van der Waals surface area contributed by atoms with Crippen LogP contribution in [-0.2, 0) is 12.1 Å². The second-order valence-corrected chi connectivity index (χ2v) is 6.00. The van der Waals surface area contributed by atoms with E-state index in [9.17, 15) is 5.11 Å². The van der Waals surface area contributed by atoms with Crippen molar-refractivity contribution in [2.24, 2.45) is 0 Å². The normalized spacial score (nSPS) is 23.8. The Morgan fingerprint density at radius 3 is 3.00 bits per heavy atom. The fourth-order valence-electron chi connectivity index (χ4n) is 2.75. The minimum absolute atomic E-state index is 0.240. The summed E-state index contributed by atoms with van der Waals surface area (Å²) in [4.78, 5) is 2.17. The van der Waals surface area contributed by atoms with Crippen LogP contribution in [0, 0.1) is 0 Å². The van der Waals surface area contributed by atoms with Crippen molar-refractivity contribution < 1.29 is 9.63 Å². The first kappa shape index (κ1) is 14.2. The zero-order chi connectivity index (χ0) is 14.9. The van der Waals surface area contributed by atoms with E-state index in [2.05, 4.69) is 20.4 Å². The molecule has 3 rings (SSSR count). The van der Waals surface area contributed by atoms with E-state index in [0.717, 1.165) is 18.7 Å². The summed E-state index contributed by atoms with van der Waals surface area (Å²) in [5, 5.41) is 22.9. The van der Waals surface area contributed by atoms with Crippen molar-refractivity contribution in [2.75, 3.05) is 13.1 Å². The number of β-amino-alcohol motifs (C(OH)–C–C–N with tert-alkyl or cyclic N) is 1. The van der Waals surface area contributed by atoms with E-state index in [1.165, 1.54) is 0 Å². The topological polar surface area (TPSA) is 80.2 Å². The lowest BCUT2D eigenvalue weighted by Crippen LogP contribution is -2.45. The molecule has 0 bridgehead atoms. The highest BCUT2D eigenvalue weighted by Crippen LogP contribution is 2.31. The third-order valence-corrected chi connectivity index (χ3v) is 3.94. The first-order chi connectivity index (χ1) is 10.1. The predicted molar refractivity (Wildman–Crippen MR) is 75.3 cm³/mol. The number of hydrogen-bond acceptors (Lipinski definition) is 6. The fourth-order valence-corrected chi connectivity index (χ4v) is 2.75. The van der Waals surface area contributed by atoms with Crippen LogP contribution >= 0.6 is 0 Å². The molecule has 0 saturated carbocycles. The molecule has 3 heterocycles. The van der Waals surface area contributed by atoms with Gasteiger partial charge < -0.3 is 9.63 Å². The Morgan fingerprint density at radius 2 is 2.33 bits per heavy atom. The highest BCUT2D eigenvalue weighted by atomic mass is 16.5. The molecule has 1 atom stereocenters. The zero-order valence-electron chi connectivity index (χ0n) is 12.4. The Bertz CT molecular complexity index is 580. The quantitative estimate of drug-likeness (QED) is 0.915. The number of rotatable bonds is 4. The van der Waals surface area contributed by atoms with Crippen molar-refractivity contribution in [2.45, 2.75) is 44.9 Å². The number of likely N-dealkylation sites (tertiary alicyclic amines) is 1. The van der Waals surface area contributed by atoms with Crippen LogP contribution in [0.4, 0.5) is 0 Å². The predicted octanol–water partition coefficient (Wildman–Crippen LogP) is 1.33. The molecule has 1 aliphatic heterocycles. The molecule has 114 valence electrons. The molecule has 1 saturated heterocycles. The van der Waals surface area contributed by atoms with Gasteiger partial charge in [-0.05, 0) is 33.2 Å². The molecule has 1 fully saturated rings. The number of aromatic nitrogens is 4. The van der Waals surface area contributed by atoms with Crippen molar-refractivity contribution in [3.8, 4) is 0 Å². The van der Waals surface area contributed by atoms with Gasteiger partial charge in [0, 0.05) is 18.7 Å². The number of piperidine rings is 1. The smallest absolute Gasteiger partial charge is 0.150 e. The molecule has 0 aromatic carbocycles. The maximum absolute atomic E-state index is 10.9. The van der Waals surface area contributed by atoms with Gasteiger partial charge in [0.1, 0.15) is 11.3 Å². The lowest BCUT2D eigenvalue weighted by atomic mass is 9.90. The van der Waals surface area contributed by atoms with Gasteiger partial charge in [0.05, 0.1) is 18.9 Å². The van der Waals surface area contributed by atoms with Crippen molar-refractivity contribution in [3.63, 3.8) is 0 Å². The highest BCUT2D eigenvalue weighted by Gasteiger charge is 2.37. The second-order valence-electron chi connectivity index (χ2n) is 6.00. The molecule has 21 heavy (non-hydrogen) atoms. The largest absolute Gasteiger partial charge is 0.382 e. The molecule has 0 amide bonds. The van der Waals surface area contributed by atoms with E-state index in [-0.39, 0.29) is 6.04 Å². The van der Waals surface area contributed by atoms with Crippen LogP contribution in [0.25, 0.3) is 0 Å². The Morgan fingerprint density at radius 1 is 1.48 bits per heavy atom. The lowest BCUT2D eigenvalue weighted by molar-refractivity contribution is -0.0432. The zero-order valence-corrected chi connectivity index (χ0v) is 12.4. The van der Waals surface area contributed by atoms with Gasteiger partial charge in [-0.1, -0.05) is 10.4 Å². The standard InChI is InChI=1S/C14H21N5O2/c1-11(2)19-9-13(16-17-19)14(20)5-3-7-18(10-14)8-12-4-6-15-21-12/h4,6,9,11,20H,3,5,7-8,10H2,1-2H3. The van der Waals surface area contributed by atoms with E-state index < -0.39 is 5.60 Å². The average molecular weight is 291 g/mol. The van der Waals surface area contributed by atoms with Crippen LogP contribution in [0.15, 0.2) is 23.0 Å². The SMILES string of the molecule is CC(C)n1cc(C2(O)CCCN(Cc3ccno3)C2)nn1. The maximum atomic E-state index is 10.9. The Kier molecular flexibility index (Phi) is 3.77. The third-order valence-electron chi connectivity index (χ3n) is 3.94. The summed E-state index contributed by atoms with van der Waals surface area (Å²) >= 11 is 0. The molecule has 0 radical (unpaired) electrons. The fraction of sp³-hybridized carbons (Fsp3) is 0.643. The van der Waals surface area contributed by atoms with Gasteiger partial charge in [-0.25, -0.2) is 4.68 Å². The van der Waals surface area contributed by atoms with Crippen molar-refractivity contribution in [3.05, 3.63) is 29.9 Å². The molecular formula is C14H21N5O2. The highest BCUT2D eigenvalue weighted by molar-refractivity contribution is 5.10. The molecule has 1 aliphatic rings. The van der Waals surface area contributed by atoms with Crippen LogP contribution in [0.1, 0.15) is 44.2 Å².